The molecular weight excluding hydrogens is 257 g/mol. The highest BCUT2D eigenvalue weighted by molar-refractivity contribution is 5.81. The maximum atomic E-state index is 13.3. The summed E-state index contributed by atoms with van der Waals surface area (Å²) in [6.45, 7) is 5.34. The number of halogens is 1. The van der Waals surface area contributed by atoms with Crippen molar-refractivity contribution in [3.05, 3.63) is 30.1 Å². The molecule has 2 N–H and O–H groups in total. The predicted octanol–water partition coefficient (Wildman–Crippen LogP) is 1.85. The van der Waals surface area contributed by atoms with Crippen molar-refractivity contribution in [1.82, 2.24) is 4.90 Å². The third-order valence-electron chi connectivity index (χ3n) is 3.30. The van der Waals surface area contributed by atoms with Gasteiger partial charge in [-0.3, -0.25) is 4.79 Å². The second-order valence-corrected chi connectivity index (χ2v) is 5.14. The minimum Gasteiger partial charge on any atom is -0.362 e. The largest absolute Gasteiger partial charge is 0.362 e. The molecule has 0 aromatic heterocycles. The molecule has 0 bridgehead atoms. The maximum absolute atomic E-state index is 13.3. The Bertz CT molecular complexity index is 437. The smallest absolute Gasteiger partial charge is 0.242 e. The number of amides is 1. The van der Waals surface area contributed by atoms with Gasteiger partial charge >= 0.3 is 0 Å². The van der Waals surface area contributed by atoms with Crippen molar-refractivity contribution in [3.63, 3.8) is 0 Å². The zero-order valence-electron chi connectivity index (χ0n) is 12.5. The van der Waals surface area contributed by atoms with E-state index in [2.05, 4.69) is 0 Å². The summed E-state index contributed by atoms with van der Waals surface area (Å²) in [4.78, 5) is 15.7. The van der Waals surface area contributed by atoms with Crippen LogP contribution in [0.2, 0.25) is 0 Å². The van der Waals surface area contributed by atoms with E-state index >= 15 is 0 Å². The molecule has 0 aliphatic carbocycles. The fourth-order valence-corrected chi connectivity index (χ4v) is 1.82. The van der Waals surface area contributed by atoms with E-state index < -0.39 is 0 Å². The van der Waals surface area contributed by atoms with Gasteiger partial charge in [-0.15, -0.1) is 0 Å². The molecule has 0 atom stereocenters. The third kappa shape index (κ3) is 4.81. The monoisotopic (exact) mass is 281 g/mol. The highest BCUT2D eigenvalue weighted by Gasteiger charge is 2.17. The second-order valence-electron chi connectivity index (χ2n) is 5.14. The molecule has 0 saturated carbocycles. The van der Waals surface area contributed by atoms with Gasteiger partial charge in [0, 0.05) is 25.3 Å². The van der Waals surface area contributed by atoms with Crippen molar-refractivity contribution in [2.75, 3.05) is 31.6 Å². The molecular formula is C15H24FN3O. The number of hydrogen-bond acceptors (Lipinski definition) is 3. The van der Waals surface area contributed by atoms with Gasteiger partial charge in [0.2, 0.25) is 5.91 Å². The first-order valence-corrected chi connectivity index (χ1v) is 6.92. The highest BCUT2D eigenvalue weighted by atomic mass is 19.1. The van der Waals surface area contributed by atoms with Gasteiger partial charge in [0.15, 0.2) is 0 Å². The lowest BCUT2D eigenvalue weighted by Gasteiger charge is -2.28. The van der Waals surface area contributed by atoms with Gasteiger partial charge in [0.1, 0.15) is 5.82 Å². The van der Waals surface area contributed by atoms with Gasteiger partial charge in [-0.05, 0) is 45.0 Å². The molecule has 0 heterocycles. The average molecular weight is 281 g/mol. The Morgan fingerprint density at radius 3 is 2.65 bits per heavy atom. The number of rotatable bonds is 7. The molecule has 0 radical (unpaired) electrons. The van der Waals surface area contributed by atoms with Crippen LogP contribution in [0.4, 0.5) is 10.1 Å². The van der Waals surface area contributed by atoms with E-state index in [0.29, 0.717) is 18.8 Å². The topological polar surface area (TPSA) is 49.6 Å². The molecule has 0 aliphatic rings. The van der Waals surface area contributed by atoms with Gasteiger partial charge < -0.3 is 15.5 Å². The Labute approximate surface area is 120 Å². The van der Waals surface area contributed by atoms with Crippen molar-refractivity contribution in [2.45, 2.75) is 26.3 Å². The number of carbonyl (C=O) groups excluding carboxylic acids is 1. The normalized spacial score (nSPS) is 10.7. The number of benzene rings is 1. The molecule has 0 aliphatic heterocycles. The Hall–Kier alpha value is -1.62. The van der Waals surface area contributed by atoms with E-state index in [0.717, 1.165) is 6.42 Å². The summed E-state index contributed by atoms with van der Waals surface area (Å²) >= 11 is 0. The average Bonchev–Trinajstić information content (AvgIpc) is 2.42. The Balaban J connectivity index is 2.82. The van der Waals surface area contributed by atoms with Crippen LogP contribution in [-0.2, 0) is 4.79 Å². The molecule has 1 amide bonds. The summed E-state index contributed by atoms with van der Waals surface area (Å²) in [5, 5.41) is 0. The van der Waals surface area contributed by atoms with Crippen LogP contribution in [0.15, 0.2) is 24.3 Å². The molecule has 0 saturated heterocycles. The highest BCUT2D eigenvalue weighted by Crippen LogP contribution is 2.16. The fraction of sp³-hybridized carbons (Fsp3) is 0.533. The fourth-order valence-electron chi connectivity index (χ4n) is 1.82. The van der Waals surface area contributed by atoms with E-state index in [1.807, 2.05) is 24.8 Å². The Morgan fingerprint density at radius 1 is 1.40 bits per heavy atom. The molecule has 20 heavy (non-hydrogen) atoms. The van der Waals surface area contributed by atoms with Crippen LogP contribution in [-0.4, -0.2) is 43.5 Å². The van der Waals surface area contributed by atoms with Crippen LogP contribution in [0.3, 0.4) is 0 Å². The van der Waals surface area contributed by atoms with Crippen molar-refractivity contribution in [2.24, 2.45) is 5.73 Å². The zero-order chi connectivity index (χ0) is 15.1. The van der Waals surface area contributed by atoms with Crippen LogP contribution >= 0.6 is 0 Å². The number of likely N-dealkylation sites (N-methyl/N-ethyl adjacent to an activating group) is 1. The third-order valence-corrected chi connectivity index (χ3v) is 3.30. The SMILES string of the molecule is CC(C)N(C)C(=O)CN(CCCN)c1cccc(F)c1. The van der Waals surface area contributed by atoms with Crippen molar-refractivity contribution in [3.8, 4) is 0 Å². The zero-order valence-corrected chi connectivity index (χ0v) is 12.5. The number of anilines is 1. The molecule has 0 unspecified atom stereocenters. The quantitative estimate of drug-likeness (QED) is 0.830. The van der Waals surface area contributed by atoms with Gasteiger partial charge in [-0.25, -0.2) is 4.39 Å². The first-order valence-electron chi connectivity index (χ1n) is 6.92. The van der Waals surface area contributed by atoms with Crippen LogP contribution in [0.25, 0.3) is 0 Å². The lowest BCUT2D eigenvalue weighted by Crippen LogP contribution is -2.42. The van der Waals surface area contributed by atoms with Gasteiger partial charge in [0.25, 0.3) is 0 Å². The number of carbonyl (C=O) groups is 1. The second kappa shape index (κ2) is 7.85. The van der Waals surface area contributed by atoms with E-state index in [1.165, 1.54) is 12.1 Å². The van der Waals surface area contributed by atoms with Gasteiger partial charge in [0.05, 0.1) is 6.54 Å². The molecule has 0 spiro atoms. The van der Waals surface area contributed by atoms with Crippen molar-refractivity contribution in [1.29, 1.82) is 0 Å². The summed E-state index contributed by atoms with van der Waals surface area (Å²) in [5.74, 6) is -0.286. The van der Waals surface area contributed by atoms with E-state index in [9.17, 15) is 9.18 Å². The Morgan fingerprint density at radius 2 is 2.10 bits per heavy atom. The standard InChI is InChI=1S/C15H24FN3O/c1-12(2)18(3)15(20)11-19(9-5-8-17)14-7-4-6-13(16)10-14/h4,6-7,10,12H,5,8-9,11,17H2,1-3H3. The molecule has 1 aromatic carbocycles. The van der Waals surface area contributed by atoms with Crippen LogP contribution in [0.1, 0.15) is 20.3 Å². The summed E-state index contributed by atoms with van der Waals surface area (Å²) in [7, 11) is 1.78. The van der Waals surface area contributed by atoms with Crippen LogP contribution < -0.4 is 10.6 Å². The maximum Gasteiger partial charge on any atom is 0.242 e. The molecule has 4 nitrogen and oxygen atoms in total. The minimum absolute atomic E-state index is 0.0151. The Kier molecular flexibility index (Phi) is 6.45. The van der Waals surface area contributed by atoms with Crippen molar-refractivity contribution >= 4 is 11.6 Å². The molecule has 1 aromatic rings. The first kappa shape index (κ1) is 16.4. The predicted molar refractivity (Wildman–Crippen MR) is 80.2 cm³/mol. The lowest BCUT2D eigenvalue weighted by atomic mass is 10.2. The van der Waals surface area contributed by atoms with Gasteiger partial charge in [-0.2, -0.15) is 0 Å². The van der Waals surface area contributed by atoms with Crippen LogP contribution in [0.5, 0.6) is 0 Å². The molecule has 112 valence electrons. The number of nitrogens with two attached hydrogens (primary N) is 1. The number of hydrogen-bond donors (Lipinski definition) is 1. The van der Waals surface area contributed by atoms with E-state index in [1.54, 1.807) is 18.0 Å². The lowest BCUT2D eigenvalue weighted by molar-refractivity contribution is -0.129. The van der Waals surface area contributed by atoms with E-state index in [-0.39, 0.29) is 24.3 Å². The van der Waals surface area contributed by atoms with E-state index in [4.69, 9.17) is 5.73 Å². The summed E-state index contributed by atoms with van der Waals surface area (Å²) in [5.41, 5.74) is 6.24. The van der Waals surface area contributed by atoms with Crippen molar-refractivity contribution < 1.29 is 9.18 Å². The molecule has 0 fully saturated rings. The molecule has 1 rings (SSSR count). The molecule has 5 heteroatoms. The minimum atomic E-state index is -0.301. The summed E-state index contributed by atoms with van der Waals surface area (Å²) < 4.78 is 13.3. The number of nitrogens with zero attached hydrogens (tertiary/aromatic N) is 2. The summed E-state index contributed by atoms with van der Waals surface area (Å²) in [6, 6.07) is 6.44. The van der Waals surface area contributed by atoms with Gasteiger partial charge in [-0.1, -0.05) is 6.07 Å². The first-order chi connectivity index (χ1) is 9.45. The van der Waals surface area contributed by atoms with Crippen LogP contribution in [0, 0.1) is 5.82 Å². The summed E-state index contributed by atoms with van der Waals surface area (Å²) in [6.07, 6.45) is 0.759.